The van der Waals surface area contributed by atoms with Gasteiger partial charge in [-0.05, 0) is 28.5 Å². The van der Waals surface area contributed by atoms with Crippen molar-refractivity contribution < 1.29 is 9.13 Å². The van der Waals surface area contributed by atoms with Gasteiger partial charge in [0.25, 0.3) is 0 Å². The lowest BCUT2D eigenvalue weighted by Crippen LogP contribution is -2.14. The molecule has 0 amide bonds. The van der Waals surface area contributed by atoms with Gasteiger partial charge in [-0.15, -0.1) is 0 Å². The number of halogens is 1. The highest BCUT2D eigenvalue weighted by molar-refractivity contribution is 5.87. The summed E-state index contributed by atoms with van der Waals surface area (Å²) in [5.41, 5.74) is 2.88. The van der Waals surface area contributed by atoms with Gasteiger partial charge in [0.05, 0.1) is 0 Å². The molecule has 0 unspecified atom stereocenters. The summed E-state index contributed by atoms with van der Waals surface area (Å²) in [6.45, 7) is 1.65. The largest absolute Gasteiger partial charge is 0.488 e. The van der Waals surface area contributed by atoms with Crippen LogP contribution < -0.4 is 10.1 Å². The molecular formula is C25H22FNO. The molecule has 0 aromatic heterocycles. The minimum atomic E-state index is -0.243. The Morgan fingerprint density at radius 1 is 0.714 bits per heavy atom. The Bertz CT molecular complexity index is 1060. The van der Waals surface area contributed by atoms with Gasteiger partial charge in [0.2, 0.25) is 0 Å². The predicted molar refractivity (Wildman–Crippen MR) is 112 cm³/mol. The zero-order chi connectivity index (χ0) is 19.2. The van der Waals surface area contributed by atoms with Gasteiger partial charge in [0, 0.05) is 24.2 Å². The molecule has 0 atom stereocenters. The molecule has 140 valence electrons. The molecule has 0 aliphatic heterocycles. The minimum Gasteiger partial charge on any atom is -0.488 e. The number of ether oxygens (including phenoxy) is 1. The van der Waals surface area contributed by atoms with E-state index in [0.717, 1.165) is 28.6 Å². The number of benzene rings is 4. The van der Waals surface area contributed by atoms with Crippen molar-refractivity contribution in [3.8, 4) is 5.75 Å². The third kappa shape index (κ3) is 4.21. The van der Waals surface area contributed by atoms with E-state index >= 15 is 0 Å². The number of fused-ring (bicyclic) bond motifs is 1. The molecule has 1 N–H and O–H groups in total. The van der Waals surface area contributed by atoms with Crippen molar-refractivity contribution in [1.29, 1.82) is 0 Å². The molecule has 0 fully saturated rings. The predicted octanol–water partition coefficient (Wildman–Crippen LogP) is 5.85. The fourth-order valence-electron chi connectivity index (χ4n) is 3.33. The summed E-state index contributed by atoms with van der Waals surface area (Å²) < 4.78 is 20.0. The summed E-state index contributed by atoms with van der Waals surface area (Å²) in [6.07, 6.45) is 0. The van der Waals surface area contributed by atoms with Crippen molar-refractivity contribution in [2.24, 2.45) is 0 Å². The van der Waals surface area contributed by atoms with Gasteiger partial charge in [-0.3, -0.25) is 0 Å². The molecule has 0 saturated carbocycles. The smallest absolute Gasteiger partial charge is 0.129 e. The molecule has 0 saturated heterocycles. The Kier molecular flexibility index (Phi) is 5.64. The lowest BCUT2D eigenvalue weighted by Gasteiger charge is -2.15. The monoisotopic (exact) mass is 371 g/mol. The third-order valence-electron chi connectivity index (χ3n) is 4.81. The Labute approximate surface area is 164 Å². The highest BCUT2D eigenvalue weighted by Crippen LogP contribution is 2.29. The SMILES string of the molecule is Fc1ccccc1COc1ccc2ccccc2c1CNCc1ccccc1. The second-order valence-electron chi connectivity index (χ2n) is 6.73. The molecule has 0 heterocycles. The quantitative estimate of drug-likeness (QED) is 0.440. The zero-order valence-electron chi connectivity index (χ0n) is 15.6. The molecule has 3 heteroatoms. The van der Waals surface area contributed by atoms with Crippen molar-refractivity contribution >= 4 is 10.8 Å². The van der Waals surface area contributed by atoms with E-state index in [0.29, 0.717) is 12.1 Å². The van der Waals surface area contributed by atoms with E-state index in [9.17, 15) is 4.39 Å². The van der Waals surface area contributed by atoms with E-state index in [1.807, 2.05) is 48.5 Å². The molecular weight excluding hydrogens is 349 g/mol. The van der Waals surface area contributed by atoms with Crippen LogP contribution in [0.5, 0.6) is 5.75 Å². The second kappa shape index (κ2) is 8.68. The number of nitrogens with one attached hydrogen (secondary N) is 1. The standard InChI is InChI=1S/C25H22FNO/c26-24-13-7-5-11-21(24)18-28-25-15-14-20-10-4-6-12-22(20)23(25)17-27-16-19-8-2-1-3-9-19/h1-15,27H,16-18H2. The van der Waals surface area contributed by atoms with Crippen LogP contribution in [-0.2, 0) is 19.7 Å². The normalized spacial score (nSPS) is 10.9. The van der Waals surface area contributed by atoms with Crippen LogP contribution in [0.2, 0.25) is 0 Å². The number of rotatable bonds is 7. The molecule has 4 aromatic carbocycles. The topological polar surface area (TPSA) is 21.3 Å². The Balaban J connectivity index is 1.56. The van der Waals surface area contributed by atoms with Crippen LogP contribution in [0.4, 0.5) is 4.39 Å². The molecule has 0 aliphatic rings. The molecule has 4 rings (SSSR count). The van der Waals surface area contributed by atoms with E-state index in [-0.39, 0.29) is 12.4 Å². The first-order chi connectivity index (χ1) is 13.8. The van der Waals surface area contributed by atoms with E-state index in [1.54, 1.807) is 12.1 Å². The van der Waals surface area contributed by atoms with Crippen LogP contribution in [-0.4, -0.2) is 0 Å². The number of hydrogen-bond donors (Lipinski definition) is 1. The fraction of sp³-hybridized carbons (Fsp3) is 0.120. The van der Waals surface area contributed by atoms with E-state index in [2.05, 4.69) is 29.6 Å². The summed E-state index contributed by atoms with van der Waals surface area (Å²) >= 11 is 0. The molecule has 0 aliphatic carbocycles. The van der Waals surface area contributed by atoms with Crippen LogP contribution in [0.25, 0.3) is 10.8 Å². The molecule has 0 bridgehead atoms. The first-order valence-corrected chi connectivity index (χ1v) is 9.43. The average Bonchev–Trinajstić information content (AvgIpc) is 2.74. The third-order valence-corrected chi connectivity index (χ3v) is 4.81. The van der Waals surface area contributed by atoms with Gasteiger partial charge in [0.1, 0.15) is 18.2 Å². The van der Waals surface area contributed by atoms with Gasteiger partial charge < -0.3 is 10.1 Å². The van der Waals surface area contributed by atoms with Crippen molar-refractivity contribution in [3.05, 3.63) is 114 Å². The number of hydrogen-bond acceptors (Lipinski definition) is 2. The Morgan fingerprint density at radius 3 is 2.32 bits per heavy atom. The van der Waals surface area contributed by atoms with Crippen LogP contribution in [0.3, 0.4) is 0 Å². The van der Waals surface area contributed by atoms with E-state index < -0.39 is 0 Å². The summed E-state index contributed by atoms with van der Waals surface area (Å²) in [6, 6.07) is 29.3. The molecule has 4 aromatic rings. The van der Waals surface area contributed by atoms with E-state index in [1.165, 1.54) is 11.6 Å². The van der Waals surface area contributed by atoms with Crippen molar-refractivity contribution in [3.63, 3.8) is 0 Å². The first kappa shape index (κ1) is 18.2. The fourth-order valence-corrected chi connectivity index (χ4v) is 3.33. The van der Waals surface area contributed by atoms with Gasteiger partial charge in [0.15, 0.2) is 0 Å². The second-order valence-corrected chi connectivity index (χ2v) is 6.73. The average molecular weight is 371 g/mol. The van der Waals surface area contributed by atoms with Crippen molar-refractivity contribution in [1.82, 2.24) is 5.32 Å². The summed E-state index contributed by atoms with van der Waals surface area (Å²) in [4.78, 5) is 0. The molecule has 28 heavy (non-hydrogen) atoms. The van der Waals surface area contributed by atoms with Crippen LogP contribution in [0, 0.1) is 5.82 Å². The van der Waals surface area contributed by atoms with Crippen LogP contribution in [0.1, 0.15) is 16.7 Å². The van der Waals surface area contributed by atoms with Gasteiger partial charge in [-0.25, -0.2) is 4.39 Å². The lowest BCUT2D eigenvalue weighted by molar-refractivity contribution is 0.296. The summed E-state index contributed by atoms with van der Waals surface area (Å²) in [5.74, 6) is 0.537. The van der Waals surface area contributed by atoms with Crippen molar-refractivity contribution in [2.45, 2.75) is 19.7 Å². The van der Waals surface area contributed by atoms with Crippen LogP contribution >= 0.6 is 0 Å². The highest BCUT2D eigenvalue weighted by Gasteiger charge is 2.10. The maximum atomic E-state index is 13.9. The van der Waals surface area contributed by atoms with Gasteiger partial charge >= 0.3 is 0 Å². The Hall–Kier alpha value is -3.17. The zero-order valence-corrected chi connectivity index (χ0v) is 15.6. The Morgan fingerprint density at radius 2 is 1.46 bits per heavy atom. The minimum absolute atomic E-state index is 0.205. The van der Waals surface area contributed by atoms with Crippen molar-refractivity contribution in [2.75, 3.05) is 0 Å². The van der Waals surface area contributed by atoms with E-state index in [4.69, 9.17) is 4.74 Å². The van der Waals surface area contributed by atoms with Gasteiger partial charge in [-0.1, -0.05) is 78.9 Å². The summed E-state index contributed by atoms with van der Waals surface area (Å²) in [7, 11) is 0. The maximum Gasteiger partial charge on any atom is 0.129 e. The molecule has 0 spiro atoms. The summed E-state index contributed by atoms with van der Waals surface area (Å²) in [5, 5.41) is 5.82. The first-order valence-electron chi connectivity index (χ1n) is 9.43. The molecule has 0 radical (unpaired) electrons. The highest BCUT2D eigenvalue weighted by atomic mass is 19.1. The van der Waals surface area contributed by atoms with Gasteiger partial charge in [-0.2, -0.15) is 0 Å². The molecule has 2 nitrogen and oxygen atoms in total. The maximum absolute atomic E-state index is 13.9. The van der Waals surface area contributed by atoms with Crippen LogP contribution in [0.15, 0.2) is 91.0 Å². The lowest BCUT2D eigenvalue weighted by atomic mass is 10.0.